The number of methoxy groups -OCH3 is 1. The van der Waals surface area contributed by atoms with Crippen LogP contribution < -0.4 is 0 Å². The summed E-state index contributed by atoms with van der Waals surface area (Å²) < 4.78 is 25.6. The molecule has 0 bridgehead atoms. The number of ether oxygens (including phenoxy) is 1. The summed E-state index contributed by atoms with van der Waals surface area (Å²) in [5.74, 6) is 0. The normalized spacial score (nSPS) is 20.2. The molecule has 0 saturated heterocycles. The fraction of sp³-hybridized carbons (Fsp3) is 0.857. The molecule has 0 aromatic heterocycles. The van der Waals surface area contributed by atoms with Crippen molar-refractivity contribution in [3.05, 3.63) is 0 Å². The van der Waals surface area contributed by atoms with Gasteiger partial charge in [0, 0.05) is 7.09 Å². The molecule has 10 heteroatoms. The van der Waals surface area contributed by atoms with Gasteiger partial charge in [0.15, 0.2) is 6.29 Å². The first-order valence-electron chi connectivity index (χ1n) is 5.04. The predicted octanol–water partition coefficient (Wildman–Crippen LogP) is -2.61. The fourth-order valence-electron chi connectivity index (χ4n) is 0.968. The van der Waals surface area contributed by atoms with Crippen LogP contribution >= 0.6 is 7.82 Å². The predicted molar refractivity (Wildman–Crippen MR) is 52.9 cm³/mol. The fourth-order valence-corrected chi connectivity index (χ4v) is 1.31. The molecule has 4 atom stereocenters. The van der Waals surface area contributed by atoms with E-state index >= 15 is 0 Å². The molecular weight excluding hydrogens is 259 g/mol. The number of aliphatic hydroxyl groups is 3. The van der Waals surface area contributed by atoms with E-state index in [9.17, 15) is 19.6 Å². The standard InChI is InChI=1S/C7H15O9P/c1-15-7(4(9)2-8)6(11)5(10)3-16-17(12,13)14/h2,4-7,9-11H,3H2,1H3,(H2,12,13,14)/t4-,5+,6+,7+/m0/s1/i1D. The third-order valence-corrected chi connectivity index (χ3v) is 2.30. The van der Waals surface area contributed by atoms with Gasteiger partial charge in [0.25, 0.3) is 0 Å². The minimum absolute atomic E-state index is 0.0279. The molecule has 9 nitrogen and oxygen atoms in total. The largest absolute Gasteiger partial charge is 0.469 e. The molecule has 0 spiro atoms. The van der Waals surface area contributed by atoms with Crippen LogP contribution in [0.15, 0.2) is 0 Å². The van der Waals surface area contributed by atoms with E-state index in [4.69, 9.17) is 16.3 Å². The van der Waals surface area contributed by atoms with Crippen LogP contribution in [0, 0.1) is 0 Å². The third kappa shape index (κ3) is 6.20. The number of carbonyl (C=O) groups excluding carboxylic acids is 1. The monoisotopic (exact) mass is 275 g/mol. The minimum Gasteiger partial charge on any atom is -0.388 e. The lowest BCUT2D eigenvalue weighted by Crippen LogP contribution is -2.47. The second kappa shape index (κ2) is 7.14. The summed E-state index contributed by atoms with van der Waals surface area (Å²) in [5.41, 5.74) is 0. The van der Waals surface area contributed by atoms with E-state index in [2.05, 4.69) is 9.26 Å². The number of phosphoric acid groups is 1. The molecule has 0 aromatic rings. The Labute approximate surface area is 98.2 Å². The second-order valence-corrected chi connectivity index (χ2v) is 4.34. The maximum Gasteiger partial charge on any atom is 0.469 e. The first-order valence-corrected chi connectivity index (χ1v) is 5.86. The summed E-state index contributed by atoms with van der Waals surface area (Å²) in [7, 11) is -5.51. The molecule has 0 aliphatic carbocycles. The molecule has 0 rings (SSSR count). The lowest BCUT2D eigenvalue weighted by atomic mass is 10.0. The zero-order chi connectivity index (χ0) is 14.3. The van der Waals surface area contributed by atoms with Gasteiger partial charge >= 0.3 is 7.82 Å². The highest BCUT2D eigenvalue weighted by Gasteiger charge is 2.33. The highest BCUT2D eigenvalue weighted by atomic mass is 31.2. The number of hydrogen-bond donors (Lipinski definition) is 5. The van der Waals surface area contributed by atoms with E-state index in [0.717, 1.165) is 0 Å². The molecule has 0 aromatic carbocycles. The van der Waals surface area contributed by atoms with E-state index < -0.39 is 45.9 Å². The van der Waals surface area contributed by atoms with Crippen molar-refractivity contribution in [2.24, 2.45) is 0 Å². The summed E-state index contributed by atoms with van der Waals surface area (Å²) in [6.45, 7) is -0.936. The SMILES string of the molecule is [2H]CO[C@@H]([C@H](O)[C@H](O)COP(=O)(O)O)[C@@H](O)C=O. The van der Waals surface area contributed by atoms with Crippen LogP contribution in [0.25, 0.3) is 0 Å². The minimum atomic E-state index is -4.82. The number of aldehydes is 1. The second-order valence-electron chi connectivity index (χ2n) is 3.10. The summed E-state index contributed by atoms with van der Waals surface area (Å²) in [4.78, 5) is 27.1. The zero-order valence-corrected chi connectivity index (χ0v) is 9.51. The van der Waals surface area contributed by atoms with E-state index in [-0.39, 0.29) is 6.29 Å². The van der Waals surface area contributed by atoms with Crippen LogP contribution in [0.5, 0.6) is 0 Å². The van der Waals surface area contributed by atoms with Gasteiger partial charge in [-0.25, -0.2) is 4.57 Å². The van der Waals surface area contributed by atoms with Crippen molar-refractivity contribution >= 4 is 14.1 Å². The Morgan fingerprint density at radius 3 is 2.41 bits per heavy atom. The van der Waals surface area contributed by atoms with Gasteiger partial charge in [-0.05, 0) is 0 Å². The molecule has 0 aliphatic rings. The maximum atomic E-state index is 10.4. The van der Waals surface area contributed by atoms with Gasteiger partial charge in [-0.1, -0.05) is 0 Å². The van der Waals surface area contributed by atoms with Gasteiger partial charge in [-0.3, -0.25) is 4.52 Å². The first kappa shape index (κ1) is 14.7. The van der Waals surface area contributed by atoms with Crippen molar-refractivity contribution in [3.63, 3.8) is 0 Å². The molecule has 0 radical (unpaired) electrons. The van der Waals surface area contributed by atoms with Gasteiger partial charge in [-0.2, -0.15) is 0 Å². The summed E-state index contributed by atoms with van der Waals surface area (Å²) in [5, 5.41) is 28.0. The molecule has 5 N–H and O–H groups in total. The first-order chi connectivity index (χ1) is 8.22. The van der Waals surface area contributed by atoms with E-state index in [1.807, 2.05) is 0 Å². The van der Waals surface area contributed by atoms with Gasteiger partial charge in [0.2, 0.25) is 0 Å². The van der Waals surface area contributed by atoms with E-state index in [1.54, 1.807) is 0 Å². The van der Waals surface area contributed by atoms with E-state index in [1.165, 1.54) is 0 Å². The molecule has 0 heterocycles. The molecule has 0 unspecified atom stereocenters. The number of aliphatic hydroxyl groups excluding tert-OH is 3. The van der Waals surface area contributed by atoms with Gasteiger partial charge in [0.1, 0.15) is 24.4 Å². The summed E-state index contributed by atoms with van der Waals surface area (Å²) in [6, 6.07) is 0. The smallest absolute Gasteiger partial charge is 0.388 e. The van der Waals surface area contributed by atoms with Crippen molar-refractivity contribution in [1.29, 1.82) is 0 Å². The van der Waals surface area contributed by atoms with Crippen LogP contribution in [0.2, 0.25) is 0 Å². The Morgan fingerprint density at radius 2 is 2.00 bits per heavy atom. The molecule has 0 aliphatic heterocycles. The van der Waals surface area contributed by atoms with Crippen LogP contribution in [0.1, 0.15) is 1.37 Å². The lowest BCUT2D eigenvalue weighted by molar-refractivity contribution is -0.142. The summed E-state index contributed by atoms with van der Waals surface area (Å²) in [6.07, 6.45) is -7.04. The molecular formula is C7H15O9P. The number of phosphoric ester groups is 1. The molecule has 0 saturated carbocycles. The molecule has 0 fully saturated rings. The van der Waals surface area contributed by atoms with Crippen LogP contribution in [-0.4, -0.2) is 69.5 Å². The van der Waals surface area contributed by atoms with Crippen molar-refractivity contribution in [2.45, 2.75) is 24.4 Å². The maximum absolute atomic E-state index is 10.4. The van der Waals surface area contributed by atoms with Crippen LogP contribution in [-0.2, 0) is 18.6 Å². The van der Waals surface area contributed by atoms with Crippen molar-refractivity contribution in [2.75, 3.05) is 13.7 Å². The average molecular weight is 275 g/mol. The quantitative estimate of drug-likeness (QED) is 0.237. The van der Waals surface area contributed by atoms with Crippen LogP contribution in [0.4, 0.5) is 0 Å². The highest BCUT2D eigenvalue weighted by Crippen LogP contribution is 2.35. The molecule has 17 heavy (non-hydrogen) atoms. The van der Waals surface area contributed by atoms with Crippen molar-refractivity contribution in [3.8, 4) is 0 Å². The highest BCUT2D eigenvalue weighted by molar-refractivity contribution is 7.46. The van der Waals surface area contributed by atoms with Crippen LogP contribution in [0.3, 0.4) is 0 Å². The molecule has 0 amide bonds. The van der Waals surface area contributed by atoms with Gasteiger partial charge < -0.3 is 34.6 Å². The van der Waals surface area contributed by atoms with E-state index in [0.29, 0.717) is 0 Å². The number of rotatable bonds is 8. The zero-order valence-electron chi connectivity index (χ0n) is 9.62. The lowest BCUT2D eigenvalue weighted by Gasteiger charge is -2.26. The Kier molecular flexibility index (Phi) is 6.17. The average Bonchev–Trinajstić information content (AvgIpc) is 2.30. The van der Waals surface area contributed by atoms with Gasteiger partial charge in [0.05, 0.1) is 7.98 Å². The molecule has 102 valence electrons. The number of carbonyl (C=O) groups is 1. The third-order valence-electron chi connectivity index (χ3n) is 1.81. The Bertz CT molecular complexity index is 295. The van der Waals surface area contributed by atoms with Gasteiger partial charge in [-0.15, -0.1) is 0 Å². The summed E-state index contributed by atoms with van der Waals surface area (Å²) >= 11 is 0. The van der Waals surface area contributed by atoms with Crippen molar-refractivity contribution < 1.29 is 45.1 Å². The Hall–Kier alpha value is -0.380. The topological polar surface area (TPSA) is 154 Å². The number of hydrogen-bond acceptors (Lipinski definition) is 7. The Morgan fingerprint density at radius 1 is 1.41 bits per heavy atom. The Balaban J connectivity index is 4.50. The van der Waals surface area contributed by atoms with Crippen molar-refractivity contribution in [1.82, 2.24) is 0 Å².